The maximum absolute atomic E-state index is 13.5. The third-order valence-electron chi connectivity index (χ3n) is 5.87. The highest BCUT2D eigenvalue weighted by Gasteiger charge is 2.23. The molecule has 1 saturated heterocycles. The Balaban J connectivity index is 1.53. The fourth-order valence-corrected chi connectivity index (χ4v) is 5.09. The number of methoxy groups -OCH3 is 1. The van der Waals surface area contributed by atoms with Crippen LogP contribution in [0.3, 0.4) is 0 Å². The predicted molar refractivity (Wildman–Crippen MR) is 131 cm³/mol. The van der Waals surface area contributed by atoms with E-state index in [1.54, 1.807) is 24.3 Å². The van der Waals surface area contributed by atoms with Crippen LogP contribution in [0.2, 0.25) is 0 Å². The Labute approximate surface area is 203 Å². The first-order valence-electron chi connectivity index (χ1n) is 11.0. The van der Waals surface area contributed by atoms with Crippen LogP contribution in [-0.4, -0.2) is 57.7 Å². The second-order valence-electron chi connectivity index (χ2n) is 8.21. The van der Waals surface area contributed by atoms with Gasteiger partial charge in [0.25, 0.3) is 10.0 Å². The Kier molecular flexibility index (Phi) is 7.23. The Morgan fingerprint density at radius 3 is 2.37 bits per heavy atom. The number of hydrogen-bond donors (Lipinski definition) is 2. The summed E-state index contributed by atoms with van der Waals surface area (Å²) in [5.41, 5.74) is 1.65. The average molecular weight is 500 g/mol. The number of aromatic carboxylic acids is 1. The fourth-order valence-electron chi connectivity index (χ4n) is 4.03. The molecule has 1 fully saturated rings. The lowest BCUT2D eigenvalue weighted by molar-refractivity contribution is 0.0697. The van der Waals surface area contributed by atoms with Gasteiger partial charge in [-0.05, 0) is 60.2 Å². The van der Waals surface area contributed by atoms with Gasteiger partial charge in [-0.3, -0.25) is 9.62 Å². The minimum atomic E-state index is -3.97. The molecule has 0 saturated carbocycles. The molecule has 3 aromatic rings. The van der Waals surface area contributed by atoms with Crippen molar-refractivity contribution >= 4 is 27.4 Å². The summed E-state index contributed by atoms with van der Waals surface area (Å²) in [5.74, 6) is -0.900. The Hall–Kier alpha value is -3.63. The van der Waals surface area contributed by atoms with Crippen molar-refractivity contribution in [3.63, 3.8) is 0 Å². The second kappa shape index (κ2) is 10.3. The second-order valence-corrected chi connectivity index (χ2v) is 9.89. The monoisotopic (exact) mass is 499 g/mol. The van der Waals surface area contributed by atoms with Gasteiger partial charge in [-0.25, -0.2) is 17.6 Å². The molecule has 35 heavy (non-hydrogen) atoms. The number of ether oxygens (including phenoxy) is 1. The number of carboxylic acids is 1. The van der Waals surface area contributed by atoms with Gasteiger partial charge in [0.2, 0.25) is 0 Å². The van der Waals surface area contributed by atoms with Crippen molar-refractivity contribution in [3.05, 3.63) is 83.7 Å². The van der Waals surface area contributed by atoms with Crippen molar-refractivity contribution in [2.45, 2.75) is 11.4 Å². The lowest BCUT2D eigenvalue weighted by atomic mass is 10.1. The lowest BCUT2D eigenvalue weighted by Gasteiger charge is -2.37. The minimum absolute atomic E-state index is 0.0223. The zero-order chi connectivity index (χ0) is 25.0. The topological polar surface area (TPSA) is 99.2 Å². The van der Waals surface area contributed by atoms with Gasteiger partial charge in [-0.15, -0.1) is 0 Å². The van der Waals surface area contributed by atoms with E-state index in [1.807, 2.05) is 11.0 Å². The van der Waals surface area contributed by atoms with Crippen LogP contribution < -0.4 is 14.4 Å². The number of benzene rings is 3. The number of halogens is 1. The van der Waals surface area contributed by atoms with Gasteiger partial charge >= 0.3 is 5.97 Å². The zero-order valence-electron chi connectivity index (χ0n) is 19.1. The summed E-state index contributed by atoms with van der Waals surface area (Å²) < 4.78 is 47.2. The Morgan fingerprint density at radius 2 is 1.74 bits per heavy atom. The molecule has 2 N–H and O–H groups in total. The van der Waals surface area contributed by atoms with Crippen LogP contribution in [0.15, 0.2) is 71.6 Å². The molecule has 0 bridgehead atoms. The molecule has 0 unspecified atom stereocenters. The number of rotatable bonds is 8. The van der Waals surface area contributed by atoms with Crippen LogP contribution in [0.5, 0.6) is 5.75 Å². The number of hydrogen-bond acceptors (Lipinski definition) is 6. The summed E-state index contributed by atoms with van der Waals surface area (Å²) in [5, 5.41) is 9.44. The largest absolute Gasteiger partial charge is 0.497 e. The number of piperazine rings is 1. The lowest BCUT2D eigenvalue weighted by Crippen LogP contribution is -2.46. The van der Waals surface area contributed by atoms with Gasteiger partial charge < -0.3 is 14.7 Å². The van der Waals surface area contributed by atoms with Gasteiger partial charge in [0.05, 0.1) is 28.9 Å². The summed E-state index contributed by atoms with van der Waals surface area (Å²) in [7, 11) is -2.48. The third kappa shape index (κ3) is 5.90. The SMILES string of the molecule is COc1ccc(S(=O)(=O)Nc2cc(C(=O)O)ccc2N2CCN(Cc3cccc(F)c3)CC2)cc1. The van der Waals surface area contributed by atoms with Crippen LogP contribution in [0.25, 0.3) is 0 Å². The summed E-state index contributed by atoms with van der Waals surface area (Å²) in [6.45, 7) is 3.17. The van der Waals surface area contributed by atoms with E-state index in [0.29, 0.717) is 44.2 Å². The smallest absolute Gasteiger partial charge is 0.335 e. The first kappa shape index (κ1) is 24.5. The van der Waals surface area contributed by atoms with E-state index >= 15 is 0 Å². The van der Waals surface area contributed by atoms with Crippen LogP contribution in [-0.2, 0) is 16.6 Å². The van der Waals surface area contributed by atoms with E-state index in [1.165, 1.54) is 43.5 Å². The van der Waals surface area contributed by atoms with Crippen molar-refractivity contribution in [2.24, 2.45) is 0 Å². The van der Waals surface area contributed by atoms with Crippen LogP contribution in [0, 0.1) is 5.82 Å². The van der Waals surface area contributed by atoms with E-state index < -0.39 is 16.0 Å². The van der Waals surface area contributed by atoms with Gasteiger partial charge in [0.1, 0.15) is 11.6 Å². The number of sulfonamides is 1. The standard InChI is InChI=1S/C25H26FN3O5S/c1-34-21-6-8-22(9-7-21)35(32,33)27-23-16-19(25(30)31)5-10-24(23)29-13-11-28(12-14-29)17-18-3-2-4-20(26)15-18/h2-10,15-16,27H,11-14,17H2,1H3,(H,30,31). The van der Waals surface area contributed by atoms with Gasteiger partial charge in [-0.1, -0.05) is 12.1 Å². The molecule has 10 heteroatoms. The third-order valence-corrected chi connectivity index (χ3v) is 7.25. The molecule has 3 aromatic carbocycles. The maximum Gasteiger partial charge on any atom is 0.335 e. The number of nitrogens with zero attached hydrogens (tertiary/aromatic N) is 2. The van der Waals surface area contributed by atoms with Crippen LogP contribution >= 0.6 is 0 Å². The minimum Gasteiger partial charge on any atom is -0.497 e. The molecule has 0 spiro atoms. The summed E-state index contributed by atoms with van der Waals surface area (Å²) in [6.07, 6.45) is 0. The first-order valence-corrected chi connectivity index (χ1v) is 12.5. The van der Waals surface area contributed by atoms with Crippen molar-refractivity contribution in [1.82, 2.24) is 4.90 Å². The van der Waals surface area contributed by atoms with E-state index in [2.05, 4.69) is 9.62 Å². The van der Waals surface area contributed by atoms with Gasteiger partial charge in [0, 0.05) is 32.7 Å². The molecule has 0 radical (unpaired) electrons. The zero-order valence-corrected chi connectivity index (χ0v) is 20.0. The van der Waals surface area contributed by atoms with Crippen LogP contribution in [0.1, 0.15) is 15.9 Å². The molecule has 0 aromatic heterocycles. The molecule has 1 heterocycles. The molecule has 0 amide bonds. The highest BCUT2D eigenvalue weighted by atomic mass is 32.2. The Bertz CT molecular complexity index is 1310. The maximum atomic E-state index is 13.5. The molecule has 1 aliphatic heterocycles. The quantitative estimate of drug-likeness (QED) is 0.488. The van der Waals surface area contributed by atoms with Crippen molar-refractivity contribution in [3.8, 4) is 5.75 Å². The Morgan fingerprint density at radius 1 is 1.03 bits per heavy atom. The molecule has 1 aliphatic rings. The van der Waals surface area contributed by atoms with Crippen molar-refractivity contribution in [2.75, 3.05) is 42.9 Å². The van der Waals surface area contributed by atoms with Gasteiger partial charge in [0.15, 0.2) is 0 Å². The predicted octanol–water partition coefficient (Wildman–Crippen LogP) is 3.66. The average Bonchev–Trinajstić information content (AvgIpc) is 2.84. The molecular formula is C25H26FN3O5S. The number of carbonyl (C=O) groups is 1. The number of carboxylic acid groups (broad SMARTS) is 1. The highest BCUT2D eigenvalue weighted by Crippen LogP contribution is 2.31. The molecule has 0 aliphatic carbocycles. The normalized spacial score (nSPS) is 14.5. The summed E-state index contributed by atoms with van der Waals surface area (Å²) in [4.78, 5) is 15.8. The summed E-state index contributed by atoms with van der Waals surface area (Å²) >= 11 is 0. The van der Waals surface area contributed by atoms with Crippen molar-refractivity contribution < 1.29 is 27.4 Å². The molecule has 0 atom stereocenters. The first-order chi connectivity index (χ1) is 16.7. The van der Waals surface area contributed by atoms with E-state index in [-0.39, 0.29) is 22.0 Å². The van der Waals surface area contributed by atoms with Gasteiger partial charge in [-0.2, -0.15) is 0 Å². The van der Waals surface area contributed by atoms with Crippen LogP contribution in [0.4, 0.5) is 15.8 Å². The van der Waals surface area contributed by atoms with E-state index in [9.17, 15) is 22.7 Å². The molecule has 184 valence electrons. The number of nitrogens with one attached hydrogen (secondary N) is 1. The van der Waals surface area contributed by atoms with Crippen molar-refractivity contribution in [1.29, 1.82) is 0 Å². The molecular weight excluding hydrogens is 473 g/mol. The van der Waals surface area contributed by atoms with E-state index in [0.717, 1.165) is 5.56 Å². The number of anilines is 2. The molecule has 8 nitrogen and oxygen atoms in total. The molecule has 4 rings (SSSR count). The van der Waals surface area contributed by atoms with E-state index in [4.69, 9.17) is 4.74 Å². The highest BCUT2D eigenvalue weighted by molar-refractivity contribution is 7.92. The summed E-state index contributed by atoms with van der Waals surface area (Å²) in [6, 6.07) is 16.8. The fraction of sp³-hybridized carbons (Fsp3) is 0.240.